The molecule has 0 aliphatic heterocycles. The summed E-state index contributed by atoms with van der Waals surface area (Å²) in [5.74, 6) is 1.44. The SMILES string of the molecule is COc1ccc(C(=Nc2ccccc2)C(O)(c2ccccc2)c2n(C)cc[n+]2C)cc1. The van der Waals surface area contributed by atoms with Crippen molar-refractivity contribution in [1.29, 1.82) is 0 Å². The molecule has 4 aromatic rings. The monoisotopic (exact) mass is 412 g/mol. The number of methoxy groups -OCH3 is 1. The summed E-state index contributed by atoms with van der Waals surface area (Å²) in [6.07, 6.45) is 3.86. The van der Waals surface area contributed by atoms with E-state index in [-0.39, 0.29) is 0 Å². The van der Waals surface area contributed by atoms with Crippen LogP contribution in [0.15, 0.2) is 102 Å². The number of para-hydroxylation sites is 1. The van der Waals surface area contributed by atoms with Crippen molar-refractivity contribution in [3.63, 3.8) is 0 Å². The Labute approximate surface area is 182 Å². The molecule has 1 aromatic heterocycles. The Morgan fingerprint density at radius 1 is 0.935 bits per heavy atom. The first-order valence-corrected chi connectivity index (χ1v) is 10.1. The van der Waals surface area contributed by atoms with Gasteiger partial charge in [-0.25, -0.2) is 14.1 Å². The van der Waals surface area contributed by atoms with Crippen molar-refractivity contribution in [2.24, 2.45) is 19.1 Å². The molecule has 0 bridgehead atoms. The summed E-state index contributed by atoms with van der Waals surface area (Å²) in [5.41, 5.74) is 1.33. The molecule has 5 nitrogen and oxygen atoms in total. The van der Waals surface area contributed by atoms with Crippen molar-refractivity contribution in [2.45, 2.75) is 5.60 Å². The molecule has 0 aliphatic rings. The molecule has 1 N–H and O–H groups in total. The lowest BCUT2D eigenvalue weighted by Gasteiger charge is -2.28. The molecule has 0 fully saturated rings. The average molecular weight is 413 g/mol. The predicted octanol–water partition coefficient (Wildman–Crippen LogP) is 3.92. The van der Waals surface area contributed by atoms with Crippen molar-refractivity contribution in [2.75, 3.05) is 7.11 Å². The molecule has 1 atom stereocenters. The summed E-state index contributed by atoms with van der Waals surface area (Å²) >= 11 is 0. The fourth-order valence-electron chi connectivity index (χ4n) is 3.89. The molecular formula is C26H26N3O2+. The normalized spacial score (nSPS) is 13.6. The number of imidazole rings is 1. The lowest BCUT2D eigenvalue weighted by molar-refractivity contribution is -0.683. The van der Waals surface area contributed by atoms with Crippen LogP contribution in [0, 0.1) is 0 Å². The zero-order valence-corrected chi connectivity index (χ0v) is 17.9. The molecule has 0 aliphatic carbocycles. The molecule has 156 valence electrons. The minimum Gasteiger partial charge on any atom is -0.497 e. The number of aliphatic hydroxyl groups is 1. The smallest absolute Gasteiger partial charge is 0.299 e. The highest BCUT2D eigenvalue weighted by Crippen LogP contribution is 2.34. The van der Waals surface area contributed by atoms with E-state index in [1.807, 2.05) is 121 Å². The maximum atomic E-state index is 12.5. The number of benzene rings is 3. The third-order valence-corrected chi connectivity index (χ3v) is 5.40. The second kappa shape index (κ2) is 8.58. The minimum atomic E-state index is -1.50. The van der Waals surface area contributed by atoms with Crippen LogP contribution in [0.3, 0.4) is 0 Å². The van der Waals surface area contributed by atoms with Crippen molar-refractivity contribution < 1.29 is 14.4 Å². The van der Waals surface area contributed by atoms with E-state index in [1.165, 1.54) is 0 Å². The highest BCUT2D eigenvalue weighted by Gasteiger charge is 2.47. The van der Waals surface area contributed by atoms with Gasteiger partial charge in [-0.05, 0) is 36.4 Å². The third-order valence-electron chi connectivity index (χ3n) is 5.40. The molecule has 0 saturated heterocycles. The van der Waals surface area contributed by atoms with Crippen LogP contribution in [-0.4, -0.2) is 22.5 Å². The predicted molar refractivity (Wildman–Crippen MR) is 122 cm³/mol. The third kappa shape index (κ3) is 3.88. The first-order chi connectivity index (χ1) is 15.0. The fraction of sp³-hybridized carbons (Fsp3) is 0.154. The summed E-state index contributed by atoms with van der Waals surface area (Å²) in [7, 11) is 5.49. The number of ether oxygens (including phenoxy) is 1. The first-order valence-electron chi connectivity index (χ1n) is 10.1. The zero-order valence-electron chi connectivity index (χ0n) is 17.9. The Kier molecular flexibility index (Phi) is 5.69. The van der Waals surface area contributed by atoms with Crippen molar-refractivity contribution in [3.05, 3.63) is 114 Å². The van der Waals surface area contributed by atoms with Crippen LogP contribution >= 0.6 is 0 Å². The van der Waals surface area contributed by atoms with Crippen LogP contribution in [0.1, 0.15) is 17.0 Å². The van der Waals surface area contributed by atoms with E-state index >= 15 is 0 Å². The second-order valence-corrected chi connectivity index (χ2v) is 7.44. The number of hydrogen-bond donors (Lipinski definition) is 1. The quantitative estimate of drug-likeness (QED) is 0.386. The minimum absolute atomic E-state index is 0.532. The molecule has 0 radical (unpaired) electrons. The van der Waals surface area contributed by atoms with Gasteiger partial charge in [-0.2, -0.15) is 0 Å². The Morgan fingerprint density at radius 2 is 1.55 bits per heavy atom. The molecule has 5 heteroatoms. The lowest BCUT2D eigenvalue weighted by atomic mass is 9.83. The van der Waals surface area contributed by atoms with Crippen LogP contribution in [-0.2, 0) is 19.7 Å². The van der Waals surface area contributed by atoms with E-state index in [9.17, 15) is 5.11 Å². The van der Waals surface area contributed by atoms with Gasteiger partial charge in [-0.1, -0.05) is 48.5 Å². The number of aromatic nitrogens is 2. The van der Waals surface area contributed by atoms with Gasteiger partial charge in [0.15, 0.2) is 0 Å². The second-order valence-electron chi connectivity index (χ2n) is 7.44. The van der Waals surface area contributed by atoms with Gasteiger partial charge in [-0.3, -0.25) is 0 Å². The highest BCUT2D eigenvalue weighted by atomic mass is 16.5. The number of aryl methyl sites for hydroxylation is 2. The highest BCUT2D eigenvalue weighted by molar-refractivity contribution is 6.09. The van der Waals surface area contributed by atoms with E-state index in [4.69, 9.17) is 9.73 Å². The van der Waals surface area contributed by atoms with E-state index in [1.54, 1.807) is 7.11 Å². The molecule has 1 unspecified atom stereocenters. The largest absolute Gasteiger partial charge is 0.497 e. The maximum Gasteiger partial charge on any atom is 0.299 e. The van der Waals surface area contributed by atoms with E-state index in [0.29, 0.717) is 11.5 Å². The van der Waals surface area contributed by atoms with Gasteiger partial charge in [0.25, 0.3) is 5.82 Å². The number of nitrogens with zero attached hydrogens (tertiary/aromatic N) is 3. The molecule has 4 rings (SSSR count). The Morgan fingerprint density at radius 3 is 2.10 bits per heavy atom. The van der Waals surface area contributed by atoms with Crippen molar-refractivity contribution in [3.8, 4) is 5.75 Å². The van der Waals surface area contributed by atoms with Crippen molar-refractivity contribution >= 4 is 11.4 Å². The number of rotatable bonds is 6. The van der Waals surface area contributed by atoms with Gasteiger partial charge in [0.05, 0.1) is 32.6 Å². The molecule has 0 spiro atoms. The summed E-state index contributed by atoms with van der Waals surface area (Å²) in [6.45, 7) is 0. The zero-order chi connectivity index (χ0) is 21.8. The Bertz CT molecular complexity index is 1160. The van der Waals surface area contributed by atoms with Gasteiger partial charge in [0, 0.05) is 11.1 Å². The van der Waals surface area contributed by atoms with Crippen molar-refractivity contribution in [1.82, 2.24) is 4.57 Å². The van der Waals surface area contributed by atoms with E-state index in [0.717, 1.165) is 22.6 Å². The lowest BCUT2D eigenvalue weighted by Crippen LogP contribution is -2.49. The van der Waals surface area contributed by atoms with Crippen LogP contribution < -0.4 is 9.30 Å². The van der Waals surface area contributed by atoms with Crippen LogP contribution in [0.5, 0.6) is 5.75 Å². The Hall–Kier alpha value is -3.70. The molecule has 31 heavy (non-hydrogen) atoms. The van der Waals surface area contributed by atoms with Gasteiger partial charge in [0.2, 0.25) is 5.60 Å². The number of aliphatic imine (C=N–C) groups is 1. The summed E-state index contributed by atoms with van der Waals surface area (Å²) in [5, 5.41) is 12.5. The van der Waals surface area contributed by atoms with Gasteiger partial charge in [-0.15, -0.1) is 0 Å². The molecular weight excluding hydrogens is 386 g/mol. The van der Waals surface area contributed by atoms with Crippen LogP contribution in [0.4, 0.5) is 5.69 Å². The molecule has 0 amide bonds. The molecule has 0 saturated carbocycles. The van der Waals surface area contributed by atoms with Gasteiger partial charge < -0.3 is 9.84 Å². The standard InChI is InChI=1S/C26H26N3O2/c1-28-18-19-29(2)25(28)26(30,21-10-6-4-7-11-21)24(27-22-12-8-5-9-13-22)20-14-16-23(31-3)17-15-20/h4-19,30H,1-3H3/q+1. The van der Waals surface area contributed by atoms with Gasteiger partial charge in [0.1, 0.15) is 18.1 Å². The summed E-state index contributed by atoms with van der Waals surface area (Å²) in [4.78, 5) is 4.97. The first kappa shape index (κ1) is 20.6. The average Bonchev–Trinajstić information content (AvgIpc) is 3.16. The summed E-state index contributed by atoms with van der Waals surface area (Å²) < 4.78 is 9.19. The summed E-state index contributed by atoms with van der Waals surface area (Å²) in [6, 6.07) is 27.0. The van der Waals surface area contributed by atoms with Crippen LogP contribution in [0.2, 0.25) is 0 Å². The van der Waals surface area contributed by atoms with Crippen LogP contribution in [0.25, 0.3) is 0 Å². The van der Waals surface area contributed by atoms with E-state index < -0.39 is 5.60 Å². The van der Waals surface area contributed by atoms with Gasteiger partial charge >= 0.3 is 0 Å². The fourth-order valence-corrected chi connectivity index (χ4v) is 3.89. The Balaban J connectivity index is 2.04. The topological polar surface area (TPSA) is 50.6 Å². The molecule has 3 aromatic carbocycles. The van der Waals surface area contributed by atoms with E-state index in [2.05, 4.69) is 0 Å². The molecule has 1 heterocycles. The number of hydrogen-bond acceptors (Lipinski definition) is 3. The maximum absolute atomic E-state index is 12.5.